The molecule has 2 aromatic rings. The topological polar surface area (TPSA) is 33.6 Å². The maximum atomic E-state index is 5.44. The van der Waals surface area contributed by atoms with E-state index in [1.165, 1.54) is 25.7 Å². The minimum atomic E-state index is 0.410. The molecule has 0 bridgehead atoms. The lowest BCUT2D eigenvalue weighted by Crippen LogP contribution is -2.06. The van der Waals surface area contributed by atoms with Crippen molar-refractivity contribution in [3.8, 4) is 0 Å². The number of aromatic amines is 1. The summed E-state index contributed by atoms with van der Waals surface area (Å²) >= 11 is 5.44. The Labute approximate surface area is 120 Å². The summed E-state index contributed by atoms with van der Waals surface area (Å²) in [6.45, 7) is 6.50. The van der Waals surface area contributed by atoms with Crippen LogP contribution in [0.15, 0.2) is 12.1 Å². The molecule has 0 radical (unpaired) electrons. The van der Waals surface area contributed by atoms with Gasteiger partial charge in [-0.3, -0.25) is 4.57 Å². The quantitative estimate of drug-likeness (QED) is 0.599. The van der Waals surface area contributed by atoms with Gasteiger partial charge in [0.15, 0.2) is 10.4 Å². The Morgan fingerprint density at radius 2 is 2.11 bits per heavy atom. The van der Waals surface area contributed by atoms with Gasteiger partial charge in [0.2, 0.25) is 0 Å². The first-order chi connectivity index (χ1) is 9.13. The molecule has 104 valence electrons. The van der Waals surface area contributed by atoms with Crippen LogP contribution in [0.25, 0.3) is 11.2 Å². The van der Waals surface area contributed by atoms with Crippen molar-refractivity contribution < 1.29 is 0 Å². The Morgan fingerprint density at radius 1 is 1.32 bits per heavy atom. The second-order valence-corrected chi connectivity index (χ2v) is 5.71. The highest BCUT2D eigenvalue weighted by molar-refractivity contribution is 7.71. The van der Waals surface area contributed by atoms with E-state index in [2.05, 4.69) is 34.4 Å². The van der Waals surface area contributed by atoms with E-state index in [1.807, 2.05) is 13.0 Å². The standard InChI is InChI=1S/C15H23N3S/c1-4-5-6-7-8-12(3)18-14-13(17-15(18)19)10-9-11(2)16-14/h9-10,12H,4-8H2,1-3H3,(H,17,19). The number of hydrogen-bond donors (Lipinski definition) is 1. The number of rotatable bonds is 6. The monoisotopic (exact) mass is 277 g/mol. The molecular weight excluding hydrogens is 254 g/mol. The summed E-state index contributed by atoms with van der Waals surface area (Å²) in [5, 5.41) is 0. The maximum Gasteiger partial charge on any atom is 0.179 e. The van der Waals surface area contributed by atoms with Gasteiger partial charge in [-0.25, -0.2) is 4.98 Å². The van der Waals surface area contributed by atoms with Gasteiger partial charge < -0.3 is 4.98 Å². The first kappa shape index (κ1) is 14.3. The molecule has 0 aromatic carbocycles. The van der Waals surface area contributed by atoms with Gasteiger partial charge >= 0.3 is 0 Å². The van der Waals surface area contributed by atoms with E-state index in [0.717, 1.165) is 28.0 Å². The van der Waals surface area contributed by atoms with E-state index in [4.69, 9.17) is 12.2 Å². The SMILES string of the molecule is CCCCCCC(C)n1c(=S)[nH]c2ccc(C)nc21. The minimum absolute atomic E-state index is 0.410. The first-order valence-corrected chi connectivity index (χ1v) is 7.62. The van der Waals surface area contributed by atoms with Crippen LogP contribution in [0.3, 0.4) is 0 Å². The van der Waals surface area contributed by atoms with Gasteiger partial charge in [0.05, 0.1) is 5.52 Å². The molecule has 1 unspecified atom stereocenters. The van der Waals surface area contributed by atoms with E-state index in [1.54, 1.807) is 0 Å². The number of imidazole rings is 1. The number of nitrogens with one attached hydrogen (secondary N) is 1. The molecule has 2 heterocycles. The van der Waals surface area contributed by atoms with E-state index in [-0.39, 0.29) is 0 Å². The Hall–Kier alpha value is -1.16. The Bertz CT molecular complexity index is 597. The summed E-state index contributed by atoms with van der Waals surface area (Å²) in [4.78, 5) is 7.88. The minimum Gasteiger partial charge on any atom is -0.329 e. The molecule has 0 amide bonds. The number of fused-ring (bicyclic) bond motifs is 1. The van der Waals surface area contributed by atoms with Crippen LogP contribution in [0.2, 0.25) is 0 Å². The second kappa shape index (κ2) is 6.33. The molecule has 0 fully saturated rings. The van der Waals surface area contributed by atoms with Crippen molar-refractivity contribution in [2.75, 3.05) is 0 Å². The van der Waals surface area contributed by atoms with Gasteiger partial charge in [-0.15, -0.1) is 0 Å². The molecular formula is C15H23N3S. The predicted octanol–water partition coefficient (Wildman–Crippen LogP) is 4.93. The molecule has 0 aliphatic heterocycles. The van der Waals surface area contributed by atoms with Crippen LogP contribution in [0.1, 0.15) is 57.7 Å². The lowest BCUT2D eigenvalue weighted by Gasteiger charge is -2.14. The molecule has 3 nitrogen and oxygen atoms in total. The third kappa shape index (κ3) is 3.24. The van der Waals surface area contributed by atoms with Crippen LogP contribution in [-0.2, 0) is 0 Å². The molecule has 1 N–H and O–H groups in total. The Balaban J connectivity index is 2.21. The molecule has 0 saturated carbocycles. The van der Waals surface area contributed by atoms with Gasteiger partial charge in [0, 0.05) is 11.7 Å². The molecule has 0 saturated heterocycles. The van der Waals surface area contributed by atoms with Crippen LogP contribution in [0, 0.1) is 11.7 Å². The lowest BCUT2D eigenvalue weighted by atomic mass is 10.1. The van der Waals surface area contributed by atoms with E-state index in [0.29, 0.717) is 6.04 Å². The number of pyridine rings is 1. The van der Waals surface area contributed by atoms with Crippen molar-refractivity contribution >= 4 is 23.4 Å². The third-order valence-electron chi connectivity index (χ3n) is 3.62. The second-order valence-electron chi connectivity index (χ2n) is 5.32. The van der Waals surface area contributed by atoms with Crippen LogP contribution in [0.4, 0.5) is 0 Å². The van der Waals surface area contributed by atoms with E-state index >= 15 is 0 Å². The number of nitrogens with zero attached hydrogens (tertiary/aromatic N) is 2. The zero-order chi connectivity index (χ0) is 13.8. The van der Waals surface area contributed by atoms with E-state index < -0.39 is 0 Å². The van der Waals surface area contributed by atoms with Crippen molar-refractivity contribution in [1.82, 2.24) is 14.5 Å². The Kier molecular flexibility index (Phi) is 4.75. The molecule has 2 rings (SSSR count). The van der Waals surface area contributed by atoms with Gasteiger partial charge in [0.1, 0.15) is 0 Å². The van der Waals surface area contributed by atoms with E-state index in [9.17, 15) is 0 Å². The number of hydrogen-bond acceptors (Lipinski definition) is 2. The average molecular weight is 277 g/mol. The summed E-state index contributed by atoms with van der Waals surface area (Å²) < 4.78 is 2.96. The summed E-state index contributed by atoms with van der Waals surface area (Å²) in [6.07, 6.45) is 6.33. The fourth-order valence-corrected chi connectivity index (χ4v) is 2.88. The van der Waals surface area contributed by atoms with Crippen LogP contribution >= 0.6 is 12.2 Å². The largest absolute Gasteiger partial charge is 0.329 e. The first-order valence-electron chi connectivity index (χ1n) is 7.21. The summed E-state index contributed by atoms with van der Waals surface area (Å²) in [7, 11) is 0. The van der Waals surface area contributed by atoms with Crippen molar-refractivity contribution in [2.24, 2.45) is 0 Å². The highest BCUT2D eigenvalue weighted by Crippen LogP contribution is 2.22. The summed E-state index contributed by atoms with van der Waals surface area (Å²) in [5.74, 6) is 0. The predicted molar refractivity (Wildman–Crippen MR) is 83.1 cm³/mol. The maximum absolute atomic E-state index is 5.44. The van der Waals surface area contributed by atoms with Crippen LogP contribution < -0.4 is 0 Å². The average Bonchev–Trinajstić information content (AvgIpc) is 2.70. The number of H-pyrrole nitrogens is 1. The zero-order valence-electron chi connectivity index (χ0n) is 12.1. The number of aryl methyl sites for hydroxylation is 1. The molecule has 19 heavy (non-hydrogen) atoms. The molecule has 2 aromatic heterocycles. The molecule has 0 aliphatic rings. The highest BCUT2D eigenvalue weighted by atomic mass is 32.1. The molecule has 4 heteroatoms. The molecule has 1 atom stereocenters. The summed E-state index contributed by atoms with van der Waals surface area (Å²) in [5.41, 5.74) is 3.07. The van der Waals surface area contributed by atoms with Gasteiger partial charge in [-0.2, -0.15) is 0 Å². The molecule has 0 aliphatic carbocycles. The number of unbranched alkanes of at least 4 members (excludes halogenated alkanes) is 3. The van der Waals surface area contributed by atoms with Gasteiger partial charge in [-0.05, 0) is 44.6 Å². The summed E-state index contributed by atoms with van der Waals surface area (Å²) in [6, 6.07) is 4.49. The number of aromatic nitrogens is 3. The van der Waals surface area contributed by atoms with Crippen molar-refractivity contribution in [1.29, 1.82) is 0 Å². The Morgan fingerprint density at radius 3 is 2.84 bits per heavy atom. The third-order valence-corrected chi connectivity index (χ3v) is 3.92. The van der Waals surface area contributed by atoms with Gasteiger partial charge in [-0.1, -0.05) is 32.6 Å². The highest BCUT2D eigenvalue weighted by Gasteiger charge is 2.12. The van der Waals surface area contributed by atoms with Crippen LogP contribution in [-0.4, -0.2) is 14.5 Å². The van der Waals surface area contributed by atoms with Gasteiger partial charge in [0.25, 0.3) is 0 Å². The smallest absolute Gasteiger partial charge is 0.179 e. The fourth-order valence-electron chi connectivity index (χ4n) is 2.50. The normalized spacial score (nSPS) is 13.0. The van der Waals surface area contributed by atoms with Crippen LogP contribution in [0.5, 0.6) is 0 Å². The fraction of sp³-hybridized carbons (Fsp3) is 0.600. The van der Waals surface area contributed by atoms with Crippen molar-refractivity contribution in [2.45, 2.75) is 58.9 Å². The van der Waals surface area contributed by atoms with Crippen molar-refractivity contribution in [3.63, 3.8) is 0 Å². The van der Waals surface area contributed by atoms with Crippen molar-refractivity contribution in [3.05, 3.63) is 22.6 Å². The molecule has 0 spiro atoms. The zero-order valence-corrected chi connectivity index (χ0v) is 12.9. The lowest BCUT2D eigenvalue weighted by molar-refractivity contribution is 0.476.